The van der Waals surface area contributed by atoms with E-state index >= 15 is 0 Å². The molecule has 4 rings (SSSR count). The van der Waals surface area contributed by atoms with Crippen molar-refractivity contribution in [1.82, 2.24) is 14.9 Å². The van der Waals surface area contributed by atoms with Gasteiger partial charge in [-0.1, -0.05) is 6.07 Å². The van der Waals surface area contributed by atoms with Crippen molar-refractivity contribution in [2.24, 2.45) is 0 Å². The van der Waals surface area contributed by atoms with Gasteiger partial charge in [-0.05, 0) is 42.7 Å². The van der Waals surface area contributed by atoms with Crippen molar-refractivity contribution in [3.05, 3.63) is 52.8 Å². The summed E-state index contributed by atoms with van der Waals surface area (Å²) in [7, 11) is 0. The molecule has 1 aromatic carbocycles. The van der Waals surface area contributed by atoms with E-state index in [4.69, 9.17) is 5.73 Å². The van der Waals surface area contributed by atoms with E-state index < -0.39 is 0 Å². The number of nitrogens with two attached hydrogens (primary N) is 1. The van der Waals surface area contributed by atoms with Crippen molar-refractivity contribution < 1.29 is 0 Å². The van der Waals surface area contributed by atoms with E-state index in [0.717, 1.165) is 37.1 Å². The number of nitrogens with zero attached hydrogens (tertiary/aromatic N) is 3. The highest BCUT2D eigenvalue weighted by Gasteiger charge is 2.20. The fourth-order valence-electron chi connectivity index (χ4n) is 3.36. The molecule has 1 aliphatic rings. The van der Waals surface area contributed by atoms with Crippen LogP contribution in [0.1, 0.15) is 29.8 Å². The molecule has 0 radical (unpaired) electrons. The molecule has 2 aromatic heterocycles. The number of aromatic nitrogens is 2. The molecule has 0 saturated heterocycles. The molecule has 1 atom stereocenters. The van der Waals surface area contributed by atoms with E-state index in [1.165, 1.54) is 21.5 Å². The summed E-state index contributed by atoms with van der Waals surface area (Å²) in [6.45, 7) is 4.35. The molecule has 2 N–H and O–H groups in total. The van der Waals surface area contributed by atoms with Crippen LogP contribution in [0, 0.1) is 0 Å². The summed E-state index contributed by atoms with van der Waals surface area (Å²) in [4.78, 5) is 11.5. The summed E-state index contributed by atoms with van der Waals surface area (Å²) in [5.41, 5.74) is 13.5. The topological polar surface area (TPSA) is 55.0 Å². The summed E-state index contributed by atoms with van der Waals surface area (Å²) in [5, 5.41) is 0. The van der Waals surface area contributed by atoms with Crippen molar-refractivity contribution >= 4 is 27.2 Å². The average molecular weight is 324 g/mol. The highest BCUT2D eigenvalue weighted by Crippen LogP contribution is 2.27. The number of nitrogen functional groups attached to an aromatic ring is 1. The number of anilines is 1. The monoisotopic (exact) mass is 324 g/mol. The van der Waals surface area contributed by atoms with Crippen LogP contribution >= 0.6 is 11.3 Å². The minimum atomic E-state index is 0.382. The van der Waals surface area contributed by atoms with Gasteiger partial charge in [0.25, 0.3) is 0 Å². The lowest BCUT2D eigenvalue weighted by atomic mass is 10.1. The zero-order valence-corrected chi connectivity index (χ0v) is 14.0. The quantitative estimate of drug-likeness (QED) is 0.784. The van der Waals surface area contributed by atoms with Gasteiger partial charge in [-0.2, -0.15) is 0 Å². The number of benzene rings is 1. The second kappa shape index (κ2) is 5.91. The maximum Gasteiger partial charge on any atom is 0.0815 e. The Bertz CT molecular complexity index is 842. The minimum Gasteiger partial charge on any atom is -0.397 e. The van der Waals surface area contributed by atoms with Crippen LogP contribution in [0.2, 0.25) is 0 Å². The van der Waals surface area contributed by atoms with Crippen LogP contribution in [0.25, 0.3) is 10.2 Å². The predicted molar refractivity (Wildman–Crippen MR) is 95.7 cm³/mol. The fourth-order valence-corrected chi connectivity index (χ4v) is 4.02. The second-order valence-electron chi connectivity index (χ2n) is 6.17. The molecular formula is C18H20N4S. The largest absolute Gasteiger partial charge is 0.397 e. The molecular weight excluding hydrogens is 304 g/mol. The van der Waals surface area contributed by atoms with Gasteiger partial charge in [0.1, 0.15) is 0 Å². The molecule has 1 aliphatic heterocycles. The first-order valence-corrected chi connectivity index (χ1v) is 8.89. The minimum absolute atomic E-state index is 0.382. The van der Waals surface area contributed by atoms with Crippen LogP contribution in [0.4, 0.5) is 5.69 Å². The Hall–Kier alpha value is -1.98. The van der Waals surface area contributed by atoms with Crippen molar-refractivity contribution in [2.75, 3.05) is 18.8 Å². The van der Waals surface area contributed by atoms with E-state index in [1.807, 2.05) is 5.51 Å². The summed E-state index contributed by atoms with van der Waals surface area (Å²) in [6, 6.07) is 9.11. The molecule has 5 heteroatoms. The van der Waals surface area contributed by atoms with Crippen LogP contribution in [0.5, 0.6) is 0 Å². The molecule has 4 nitrogen and oxygen atoms in total. The zero-order chi connectivity index (χ0) is 15.8. The third-order valence-electron chi connectivity index (χ3n) is 4.77. The van der Waals surface area contributed by atoms with Crippen molar-refractivity contribution in [1.29, 1.82) is 0 Å². The van der Waals surface area contributed by atoms with E-state index in [0.29, 0.717) is 6.04 Å². The Balaban J connectivity index is 1.56. The van der Waals surface area contributed by atoms with Gasteiger partial charge in [-0.15, -0.1) is 11.3 Å². The third kappa shape index (κ3) is 2.82. The smallest absolute Gasteiger partial charge is 0.0815 e. The summed E-state index contributed by atoms with van der Waals surface area (Å²) < 4.78 is 1.25. The molecule has 0 bridgehead atoms. The van der Waals surface area contributed by atoms with E-state index in [1.54, 1.807) is 17.5 Å². The van der Waals surface area contributed by atoms with E-state index in [2.05, 4.69) is 46.1 Å². The summed E-state index contributed by atoms with van der Waals surface area (Å²) >= 11 is 1.69. The standard InChI is InChI=1S/C18H20N4S/c1-12(13-2-3-18-17(9-13)21-11-23-18)22-6-4-14-8-15(19)10-20-16(14)5-7-22/h2-3,8-12H,4-7,19H2,1H3. The molecule has 1 unspecified atom stereocenters. The molecule has 0 saturated carbocycles. The highest BCUT2D eigenvalue weighted by molar-refractivity contribution is 7.16. The first kappa shape index (κ1) is 14.6. The van der Waals surface area contributed by atoms with Gasteiger partial charge in [0.2, 0.25) is 0 Å². The van der Waals surface area contributed by atoms with Crippen LogP contribution in [-0.2, 0) is 12.8 Å². The lowest BCUT2D eigenvalue weighted by molar-refractivity contribution is 0.221. The van der Waals surface area contributed by atoms with Gasteiger partial charge in [-0.3, -0.25) is 9.88 Å². The average Bonchev–Trinajstić information content (AvgIpc) is 2.93. The summed E-state index contributed by atoms with van der Waals surface area (Å²) in [5.74, 6) is 0. The Kier molecular flexibility index (Phi) is 3.75. The fraction of sp³-hybridized carbons (Fsp3) is 0.333. The Morgan fingerprint density at radius 1 is 1.17 bits per heavy atom. The molecule has 118 valence electrons. The van der Waals surface area contributed by atoms with Gasteiger partial charge >= 0.3 is 0 Å². The predicted octanol–water partition coefficient (Wildman–Crippen LogP) is 3.44. The van der Waals surface area contributed by atoms with Crippen molar-refractivity contribution in [3.63, 3.8) is 0 Å². The molecule has 0 spiro atoms. The van der Waals surface area contributed by atoms with Crippen molar-refractivity contribution in [3.8, 4) is 0 Å². The summed E-state index contributed by atoms with van der Waals surface area (Å²) in [6.07, 6.45) is 3.77. The number of thiazole rings is 1. The number of fused-ring (bicyclic) bond motifs is 2. The SMILES string of the molecule is CC(c1ccc2scnc2c1)N1CCc2cc(N)cnc2CC1. The van der Waals surface area contributed by atoms with E-state index in [9.17, 15) is 0 Å². The number of rotatable bonds is 2. The Labute approximate surface area is 140 Å². The van der Waals surface area contributed by atoms with Gasteiger partial charge in [0, 0.05) is 31.2 Å². The van der Waals surface area contributed by atoms with Crippen LogP contribution < -0.4 is 5.73 Å². The maximum absolute atomic E-state index is 5.88. The lowest BCUT2D eigenvalue weighted by Gasteiger charge is -2.27. The molecule has 0 aliphatic carbocycles. The van der Waals surface area contributed by atoms with Gasteiger partial charge in [0.05, 0.1) is 27.6 Å². The highest BCUT2D eigenvalue weighted by atomic mass is 32.1. The zero-order valence-electron chi connectivity index (χ0n) is 13.2. The third-order valence-corrected chi connectivity index (χ3v) is 5.58. The first-order valence-electron chi connectivity index (χ1n) is 8.01. The second-order valence-corrected chi connectivity index (χ2v) is 7.05. The Morgan fingerprint density at radius 2 is 2.04 bits per heavy atom. The van der Waals surface area contributed by atoms with E-state index in [-0.39, 0.29) is 0 Å². The van der Waals surface area contributed by atoms with Crippen LogP contribution in [0.15, 0.2) is 36.0 Å². The first-order chi connectivity index (χ1) is 11.2. The van der Waals surface area contributed by atoms with Crippen LogP contribution in [0.3, 0.4) is 0 Å². The molecule has 23 heavy (non-hydrogen) atoms. The van der Waals surface area contributed by atoms with Gasteiger partial charge in [0.15, 0.2) is 0 Å². The maximum atomic E-state index is 5.88. The van der Waals surface area contributed by atoms with Crippen molar-refractivity contribution in [2.45, 2.75) is 25.8 Å². The number of hydrogen-bond donors (Lipinski definition) is 1. The molecule has 0 fully saturated rings. The number of pyridine rings is 1. The normalized spacial score (nSPS) is 16.9. The number of hydrogen-bond acceptors (Lipinski definition) is 5. The van der Waals surface area contributed by atoms with Crippen LogP contribution in [-0.4, -0.2) is 28.0 Å². The van der Waals surface area contributed by atoms with Gasteiger partial charge in [-0.25, -0.2) is 4.98 Å². The molecule has 3 aromatic rings. The van der Waals surface area contributed by atoms with Gasteiger partial charge < -0.3 is 5.73 Å². The molecule has 0 amide bonds. The molecule has 3 heterocycles. The Morgan fingerprint density at radius 3 is 2.96 bits per heavy atom. The lowest BCUT2D eigenvalue weighted by Crippen LogP contribution is -2.29.